The van der Waals surface area contributed by atoms with Crippen molar-refractivity contribution in [1.29, 1.82) is 0 Å². The molecule has 0 bridgehead atoms. The Hall–Kier alpha value is -1.43. The lowest BCUT2D eigenvalue weighted by molar-refractivity contribution is -0.137. The van der Waals surface area contributed by atoms with Gasteiger partial charge in [-0.2, -0.15) is 0 Å². The average Bonchev–Trinajstić information content (AvgIpc) is 2.63. The number of morpholine rings is 1. The highest BCUT2D eigenvalue weighted by Gasteiger charge is 2.31. The second-order valence-corrected chi connectivity index (χ2v) is 6.74. The molecule has 0 aliphatic carbocycles. The molecule has 24 heavy (non-hydrogen) atoms. The second-order valence-electron chi connectivity index (χ2n) is 6.74. The number of nitrogens with zero attached hydrogens (tertiary/aromatic N) is 2. The molecule has 1 aromatic rings. The number of ether oxygens (including phenoxy) is 2. The summed E-state index contributed by atoms with van der Waals surface area (Å²) in [7, 11) is 1.80. The smallest absolute Gasteiger partial charge is 0.236 e. The van der Waals surface area contributed by atoms with Crippen molar-refractivity contribution in [2.45, 2.75) is 18.9 Å². The molecule has 2 heterocycles. The third-order valence-corrected chi connectivity index (χ3v) is 5.11. The first-order valence-electron chi connectivity index (χ1n) is 8.91. The monoisotopic (exact) mass is 332 g/mol. The third-order valence-electron chi connectivity index (χ3n) is 5.11. The maximum atomic E-state index is 12.5. The van der Waals surface area contributed by atoms with Crippen LogP contribution in [0, 0.1) is 5.92 Å². The Morgan fingerprint density at radius 1 is 1.21 bits per heavy atom. The quantitative estimate of drug-likeness (QED) is 0.818. The van der Waals surface area contributed by atoms with E-state index in [0.29, 0.717) is 25.7 Å². The van der Waals surface area contributed by atoms with E-state index in [9.17, 15) is 4.79 Å². The van der Waals surface area contributed by atoms with Gasteiger partial charge in [-0.3, -0.25) is 9.69 Å². The average molecular weight is 332 g/mol. The lowest BCUT2D eigenvalue weighted by Crippen LogP contribution is -2.50. The first-order valence-corrected chi connectivity index (χ1v) is 8.91. The molecule has 2 saturated heterocycles. The summed E-state index contributed by atoms with van der Waals surface area (Å²) >= 11 is 0. The van der Waals surface area contributed by atoms with Crippen molar-refractivity contribution in [2.75, 3.05) is 53.0 Å². The van der Waals surface area contributed by atoms with Crippen molar-refractivity contribution in [3.8, 4) is 0 Å². The van der Waals surface area contributed by atoms with Gasteiger partial charge < -0.3 is 14.4 Å². The zero-order chi connectivity index (χ0) is 16.8. The van der Waals surface area contributed by atoms with E-state index in [0.717, 1.165) is 39.0 Å². The van der Waals surface area contributed by atoms with Crippen LogP contribution >= 0.6 is 0 Å². The summed E-state index contributed by atoms with van der Waals surface area (Å²) < 4.78 is 11.0. The first kappa shape index (κ1) is 17.4. The molecule has 132 valence electrons. The van der Waals surface area contributed by atoms with Gasteiger partial charge in [-0.1, -0.05) is 30.3 Å². The number of methoxy groups -OCH3 is 1. The molecule has 2 atom stereocenters. The molecule has 5 nitrogen and oxygen atoms in total. The van der Waals surface area contributed by atoms with Crippen LogP contribution in [0.15, 0.2) is 30.3 Å². The van der Waals surface area contributed by atoms with Crippen LogP contribution in [0.4, 0.5) is 0 Å². The topological polar surface area (TPSA) is 42.0 Å². The number of hydrogen-bond donors (Lipinski definition) is 0. The maximum Gasteiger partial charge on any atom is 0.236 e. The number of likely N-dealkylation sites (tertiary alicyclic amines) is 1. The van der Waals surface area contributed by atoms with Crippen molar-refractivity contribution < 1.29 is 14.3 Å². The van der Waals surface area contributed by atoms with Crippen molar-refractivity contribution in [3.05, 3.63) is 35.9 Å². The zero-order valence-corrected chi connectivity index (χ0v) is 14.5. The van der Waals surface area contributed by atoms with Crippen LogP contribution in [0.25, 0.3) is 0 Å². The van der Waals surface area contributed by atoms with Crippen molar-refractivity contribution in [1.82, 2.24) is 9.80 Å². The van der Waals surface area contributed by atoms with E-state index in [-0.39, 0.29) is 12.0 Å². The van der Waals surface area contributed by atoms with Gasteiger partial charge in [0.15, 0.2) is 0 Å². The Kier molecular flexibility index (Phi) is 6.24. The Labute approximate surface area is 144 Å². The van der Waals surface area contributed by atoms with Gasteiger partial charge in [0.2, 0.25) is 5.91 Å². The van der Waals surface area contributed by atoms with Crippen molar-refractivity contribution >= 4 is 5.91 Å². The molecule has 2 fully saturated rings. The number of benzene rings is 1. The first-order chi connectivity index (χ1) is 11.8. The minimum Gasteiger partial charge on any atom is -0.381 e. The largest absolute Gasteiger partial charge is 0.381 e. The summed E-state index contributed by atoms with van der Waals surface area (Å²) in [6.45, 7) is 5.13. The molecule has 0 spiro atoms. The molecular formula is C19H28N2O3. The van der Waals surface area contributed by atoms with Gasteiger partial charge in [-0.15, -0.1) is 0 Å². The molecule has 0 N–H and O–H groups in total. The lowest BCUT2D eigenvalue weighted by atomic mass is 9.88. The number of rotatable bonds is 5. The number of amides is 1. The highest BCUT2D eigenvalue weighted by atomic mass is 16.5. The van der Waals surface area contributed by atoms with Crippen LogP contribution in [0.3, 0.4) is 0 Å². The van der Waals surface area contributed by atoms with Gasteiger partial charge in [-0.25, -0.2) is 0 Å². The van der Waals surface area contributed by atoms with Gasteiger partial charge in [0.1, 0.15) is 0 Å². The van der Waals surface area contributed by atoms with E-state index in [1.54, 1.807) is 7.11 Å². The van der Waals surface area contributed by atoms with Gasteiger partial charge in [0, 0.05) is 39.2 Å². The normalized spacial score (nSPS) is 25.6. The molecule has 2 aliphatic heterocycles. The van der Waals surface area contributed by atoms with E-state index in [2.05, 4.69) is 29.2 Å². The van der Waals surface area contributed by atoms with Crippen molar-refractivity contribution in [3.63, 3.8) is 0 Å². The van der Waals surface area contributed by atoms with Crippen LogP contribution < -0.4 is 0 Å². The van der Waals surface area contributed by atoms with Gasteiger partial charge in [-0.05, 0) is 18.4 Å². The molecule has 0 saturated carbocycles. The zero-order valence-electron chi connectivity index (χ0n) is 14.5. The molecule has 0 radical (unpaired) electrons. The Morgan fingerprint density at radius 3 is 2.67 bits per heavy atom. The summed E-state index contributed by atoms with van der Waals surface area (Å²) in [5, 5.41) is 0. The molecule has 0 unspecified atom stereocenters. The standard InChI is InChI=1S/C19H28N2O3/c1-23-18-7-8-20(15-19(22)21-9-11-24-12-10-21)14-17(18)13-16-5-3-2-4-6-16/h2-6,17-18H,7-15H2,1H3/t17-,18+/m1/s1. The Morgan fingerprint density at radius 2 is 1.96 bits per heavy atom. The molecule has 2 aliphatic rings. The van der Waals surface area contributed by atoms with Crippen LogP contribution in [-0.4, -0.2) is 74.9 Å². The highest BCUT2D eigenvalue weighted by molar-refractivity contribution is 5.78. The van der Waals surface area contributed by atoms with E-state index in [1.807, 2.05) is 11.0 Å². The predicted molar refractivity (Wildman–Crippen MR) is 92.9 cm³/mol. The molecule has 1 amide bonds. The second kappa shape index (κ2) is 8.60. The van der Waals surface area contributed by atoms with Crippen LogP contribution in [-0.2, 0) is 20.7 Å². The lowest BCUT2D eigenvalue weighted by Gasteiger charge is -2.38. The van der Waals surface area contributed by atoms with E-state index >= 15 is 0 Å². The van der Waals surface area contributed by atoms with Gasteiger partial charge in [0.25, 0.3) is 0 Å². The molecule has 1 aromatic carbocycles. The fourth-order valence-corrected chi connectivity index (χ4v) is 3.76. The number of hydrogen-bond acceptors (Lipinski definition) is 4. The summed E-state index contributed by atoms with van der Waals surface area (Å²) in [4.78, 5) is 16.7. The van der Waals surface area contributed by atoms with Gasteiger partial charge >= 0.3 is 0 Å². The Balaban J connectivity index is 1.56. The number of piperidine rings is 1. The van der Waals surface area contributed by atoms with Crippen LogP contribution in [0.1, 0.15) is 12.0 Å². The van der Waals surface area contributed by atoms with E-state index < -0.39 is 0 Å². The molecular weight excluding hydrogens is 304 g/mol. The maximum absolute atomic E-state index is 12.5. The molecule has 0 aromatic heterocycles. The summed E-state index contributed by atoms with van der Waals surface area (Å²) in [5.41, 5.74) is 1.34. The summed E-state index contributed by atoms with van der Waals surface area (Å²) in [5.74, 6) is 0.663. The van der Waals surface area contributed by atoms with Crippen LogP contribution in [0.5, 0.6) is 0 Å². The SMILES string of the molecule is CO[C@H]1CCN(CC(=O)N2CCOCC2)C[C@H]1Cc1ccccc1. The minimum absolute atomic E-state index is 0.229. The number of carbonyl (C=O) groups excluding carboxylic acids is 1. The number of carbonyl (C=O) groups is 1. The fraction of sp³-hybridized carbons (Fsp3) is 0.632. The fourth-order valence-electron chi connectivity index (χ4n) is 3.76. The third kappa shape index (κ3) is 4.56. The Bertz CT molecular complexity index is 517. The summed E-state index contributed by atoms with van der Waals surface area (Å²) in [6, 6.07) is 10.6. The highest BCUT2D eigenvalue weighted by Crippen LogP contribution is 2.23. The molecule has 5 heteroatoms. The van der Waals surface area contributed by atoms with Gasteiger partial charge in [0.05, 0.1) is 25.9 Å². The van der Waals surface area contributed by atoms with Crippen molar-refractivity contribution in [2.24, 2.45) is 5.92 Å². The van der Waals surface area contributed by atoms with Crippen LogP contribution in [0.2, 0.25) is 0 Å². The molecule has 3 rings (SSSR count). The van der Waals surface area contributed by atoms with E-state index in [4.69, 9.17) is 9.47 Å². The minimum atomic E-state index is 0.229. The van der Waals surface area contributed by atoms with E-state index in [1.165, 1.54) is 5.56 Å². The summed E-state index contributed by atoms with van der Waals surface area (Å²) in [6.07, 6.45) is 2.27. The predicted octanol–water partition coefficient (Wildman–Crippen LogP) is 1.42.